The average molecular weight is 464 g/mol. The highest BCUT2D eigenvalue weighted by molar-refractivity contribution is 7.91. The lowest BCUT2D eigenvalue weighted by Crippen LogP contribution is -2.27. The highest BCUT2D eigenvalue weighted by Crippen LogP contribution is 2.26. The molecule has 0 unspecified atom stereocenters. The molecule has 0 radical (unpaired) electrons. The lowest BCUT2D eigenvalue weighted by molar-refractivity contribution is 0.580. The molecule has 30 heavy (non-hydrogen) atoms. The second-order valence-electron chi connectivity index (χ2n) is 6.98. The Labute approximate surface area is 182 Å². The van der Waals surface area contributed by atoms with E-state index in [1.54, 1.807) is 31.2 Å². The summed E-state index contributed by atoms with van der Waals surface area (Å²) < 4.78 is 54.1. The molecule has 158 valence electrons. The first kappa shape index (κ1) is 22.5. The third-order valence-corrected chi connectivity index (χ3v) is 8.47. The van der Waals surface area contributed by atoms with Crippen LogP contribution in [0.25, 0.3) is 0 Å². The smallest absolute Gasteiger partial charge is 0.219 e. The molecule has 0 spiro atoms. The zero-order valence-electron chi connectivity index (χ0n) is 16.6. The summed E-state index contributed by atoms with van der Waals surface area (Å²) in [7, 11) is -7.74. The van der Waals surface area contributed by atoms with E-state index < -0.39 is 19.9 Å². The summed E-state index contributed by atoms with van der Waals surface area (Å²) in [6.07, 6.45) is 0.416. The lowest BCUT2D eigenvalue weighted by atomic mass is 10.1. The highest BCUT2D eigenvalue weighted by atomic mass is 35.5. The molecule has 0 fully saturated rings. The monoisotopic (exact) mass is 463 g/mol. The number of benzene rings is 3. The summed E-state index contributed by atoms with van der Waals surface area (Å²) in [5.74, 6) is 0. The van der Waals surface area contributed by atoms with Gasteiger partial charge in [-0.2, -0.15) is 0 Å². The van der Waals surface area contributed by atoms with Gasteiger partial charge >= 0.3 is 0 Å². The number of sulfone groups is 1. The van der Waals surface area contributed by atoms with Crippen molar-refractivity contribution in [1.29, 1.82) is 0 Å². The molecule has 0 aromatic heterocycles. The van der Waals surface area contributed by atoms with Crippen LogP contribution in [-0.2, 0) is 26.3 Å². The van der Waals surface area contributed by atoms with E-state index >= 15 is 0 Å². The van der Waals surface area contributed by atoms with Crippen molar-refractivity contribution >= 4 is 31.5 Å². The van der Waals surface area contributed by atoms with Crippen molar-refractivity contribution < 1.29 is 16.8 Å². The fourth-order valence-electron chi connectivity index (χ4n) is 2.99. The van der Waals surface area contributed by atoms with Crippen LogP contribution in [0.3, 0.4) is 0 Å². The van der Waals surface area contributed by atoms with E-state index in [-0.39, 0.29) is 21.2 Å². The van der Waals surface area contributed by atoms with Crippen molar-refractivity contribution in [2.45, 2.75) is 35.0 Å². The Balaban J connectivity index is 1.86. The van der Waals surface area contributed by atoms with Gasteiger partial charge in [-0.25, -0.2) is 21.6 Å². The summed E-state index contributed by atoms with van der Waals surface area (Å²) in [5.41, 5.74) is 2.22. The summed E-state index contributed by atoms with van der Waals surface area (Å²) in [6.45, 7) is 3.63. The Bertz CT molecular complexity index is 1270. The van der Waals surface area contributed by atoms with Gasteiger partial charge < -0.3 is 0 Å². The van der Waals surface area contributed by atoms with Gasteiger partial charge in [0.1, 0.15) is 0 Å². The van der Waals surface area contributed by atoms with Crippen LogP contribution in [0.1, 0.15) is 16.7 Å². The molecule has 0 heterocycles. The minimum Gasteiger partial charge on any atom is -0.219 e. The predicted molar refractivity (Wildman–Crippen MR) is 118 cm³/mol. The second kappa shape index (κ2) is 8.89. The molecule has 0 amide bonds. The van der Waals surface area contributed by atoms with Crippen molar-refractivity contribution in [2.24, 2.45) is 0 Å². The van der Waals surface area contributed by atoms with E-state index in [9.17, 15) is 16.8 Å². The van der Waals surface area contributed by atoms with Crippen LogP contribution in [-0.4, -0.2) is 23.4 Å². The molecule has 0 aliphatic rings. The van der Waals surface area contributed by atoms with Gasteiger partial charge in [-0.05, 0) is 61.7 Å². The molecule has 3 rings (SSSR count). The maximum absolute atomic E-state index is 12.9. The van der Waals surface area contributed by atoms with Crippen molar-refractivity contribution in [1.82, 2.24) is 4.72 Å². The van der Waals surface area contributed by atoms with Crippen LogP contribution in [0.2, 0.25) is 5.02 Å². The van der Waals surface area contributed by atoms with E-state index in [1.807, 2.05) is 19.1 Å². The molecule has 3 aromatic carbocycles. The number of hydrogen-bond acceptors (Lipinski definition) is 4. The predicted octanol–water partition coefficient (Wildman–Crippen LogP) is 4.31. The maximum Gasteiger partial charge on any atom is 0.240 e. The SMILES string of the molecule is Cc1ccc(S(=O)(=O)c2ccc(C)c(S(=O)(=O)NCCc3ccccc3Cl)c2)cc1. The van der Waals surface area contributed by atoms with Crippen LogP contribution in [0.15, 0.2) is 81.4 Å². The fraction of sp³-hybridized carbons (Fsp3) is 0.182. The van der Waals surface area contributed by atoms with E-state index in [2.05, 4.69) is 4.72 Å². The third kappa shape index (κ3) is 4.92. The molecule has 1 N–H and O–H groups in total. The summed E-state index contributed by atoms with van der Waals surface area (Å²) in [5, 5.41) is 0.569. The molecular formula is C22H22ClNO4S2. The fourth-order valence-corrected chi connectivity index (χ4v) is 5.88. The topological polar surface area (TPSA) is 80.3 Å². The summed E-state index contributed by atoms with van der Waals surface area (Å²) in [6, 6.07) is 17.8. The minimum absolute atomic E-state index is 0.0603. The first-order valence-corrected chi connectivity index (χ1v) is 12.6. The molecule has 8 heteroatoms. The Hall–Kier alpha value is -2.19. The summed E-state index contributed by atoms with van der Waals surface area (Å²) in [4.78, 5) is -0.00902. The zero-order valence-corrected chi connectivity index (χ0v) is 19.0. The molecule has 0 saturated carbocycles. The number of halogens is 1. The van der Waals surface area contributed by atoms with E-state index in [0.717, 1.165) is 11.1 Å². The van der Waals surface area contributed by atoms with Crippen LogP contribution in [0.5, 0.6) is 0 Å². The van der Waals surface area contributed by atoms with Crippen LogP contribution in [0, 0.1) is 13.8 Å². The summed E-state index contributed by atoms with van der Waals surface area (Å²) >= 11 is 6.11. The molecule has 0 saturated heterocycles. The Morgan fingerprint density at radius 1 is 0.833 bits per heavy atom. The number of aryl methyl sites for hydroxylation is 2. The van der Waals surface area contributed by atoms with Crippen molar-refractivity contribution in [3.63, 3.8) is 0 Å². The van der Waals surface area contributed by atoms with Gasteiger partial charge in [0.25, 0.3) is 0 Å². The van der Waals surface area contributed by atoms with Gasteiger partial charge in [-0.3, -0.25) is 0 Å². The van der Waals surface area contributed by atoms with Gasteiger partial charge in [-0.1, -0.05) is 53.6 Å². The van der Waals surface area contributed by atoms with Crippen molar-refractivity contribution in [3.8, 4) is 0 Å². The standard InChI is InChI=1S/C22H22ClNO4S2/c1-16-7-10-19(11-8-16)29(25,26)20-12-9-17(2)22(15-20)30(27,28)24-14-13-18-5-3-4-6-21(18)23/h3-12,15,24H,13-14H2,1-2H3. The largest absolute Gasteiger partial charge is 0.240 e. The average Bonchev–Trinajstić information content (AvgIpc) is 2.70. The molecule has 0 bridgehead atoms. The van der Waals surface area contributed by atoms with Crippen molar-refractivity contribution in [3.05, 3.63) is 88.4 Å². The van der Waals surface area contributed by atoms with Gasteiger partial charge in [0, 0.05) is 11.6 Å². The minimum atomic E-state index is -3.90. The van der Waals surface area contributed by atoms with E-state index in [0.29, 0.717) is 17.0 Å². The number of hydrogen-bond donors (Lipinski definition) is 1. The van der Waals surface area contributed by atoms with Gasteiger partial charge in [0.05, 0.1) is 14.7 Å². The number of rotatable bonds is 7. The first-order valence-electron chi connectivity index (χ1n) is 9.27. The molecule has 0 aliphatic heterocycles. The molecule has 0 atom stereocenters. The number of sulfonamides is 1. The maximum atomic E-state index is 12.9. The van der Waals surface area contributed by atoms with Crippen molar-refractivity contribution in [2.75, 3.05) is 6.54 Å². The molecule has 3 aromatic rings. The Kier molecular flexibility index (Phi) is 6.67. The molecule has 0 aliphatic carbocycles. The quantitative estimate of drug-likeness (QED) is 0.566. The second-order valence-corrected chi connectivity index (χ2v) is 11.1. The Morgan fingerprint density at radius 3 is 2.13 bits per heavy atom. The zero-order chi connectivity index (χ0) is 21.9. The third-order valence-electron chi connectivity index (χ3n) is 4.73. The van der Waals surface area contributed by atoms with E-state index in [1.165, 1.54) is 30.3 Å². The van der Waals surface area contributed by atoms with Crippen LogP contribution >= 0.6 is 11.6 Å². The normalized spacial score (nSPS) is 12.1. The van der Waals surface area contributed by atoms with Gasteiger partial charge in [0.15, 0.2) is 0 Å². The Morgan fingerprint density at radius 2 is 1.47 bits per heavy atom. The number of nitrogens with one attached hydrogen (secondary N) is 1. The first-order chi connectivity index (χ1) is 14.1. The van der Waals surface area contributed by atoms with E-state index in [4.69, 9.17) is 11.6 Å². The van der Waals surface area contributed by atoms with Crippen LogP contribution in [0.4, 0.5) is 0 Å². The molecule has 5 nitrogen and oxygen atoms in total. The lowest BCUT2D eigenvalue weighted by Gasteiger charge is -2.12. The van der Waals surface area contributed by atoms with Crippen LogP contribution < -0.4 is 4.72 Å². The highest BCUT2D eigenvalue weighted by Gasteiger charge is 2.23. The van der Waals surface area contributed by atoms with Gasteiger partial charge in [0.2, 0.25) is 19.9 Å². The van der Waals surface area contributed by atoms with Gasteiger partial charge in [-0.15, -0.1) is 0 Å². The molecular weight excluding hydrogens is 442 g/mol.